The smallest absolute Gasteiger partial charge is 0.243 e. The van der Waals surface area contributed by atoms with E-state index >= 15 is 0 Å². The van der Waals surface area contributed by atoms with Gasteiger partial charge in [0.05, 0.1) is 0 Å². The minimum Gasteiger partial charge on any atom is -0.341 e. The van der Waals surface area contributed by atoms with Crippen LogP contribution in [0.1, 0.15) is 19.8 Å². The summed E-state index contributed by atoms with van der Waals surface area (Å²) in [4.78, 5) is 12.9. The Morgan fingerprint density at radius 2 is 2.29 bits per heavy atom. The maximum atomic E-state index is 12.3. The van der Waals surface area contributed by atoms with Crippen molar-refractivity contribution in [2.75, 3.05) is 13.1 Å². The summed E-state index contributed by atoms with van der Waals surface area (Å²) in [5.41, 5.74) is 0. The van der Waals surface area contributed by atoms with Crippen LogP contribution in [0.2, 0.25) is 0 Å². The minimum absolute atomic E-state index is 0.152. The lowest BCUT2D eigenvalue weighted by Gasteiger charge is -2.18. The number of carbonyl (C=O) groups excluding carboxylic acids is 1. The summed E-state index contributed by atoms with van der Waals surface area (Å²) in [6.45, 7) is 2.37. The van der Waals surface area contributed by atoms with Crippen molar-refractivity contribution in [3.05, 3.63) is 0 Å². The molecule has 2 atom stereocenters. The van der Waals surface area contributed by atoms with Gasteiger partial charge in [0.15, 0.2) is 0 Å². The van der Waals surface area contributed by atoms with Crippen LogP contribution in [0.5, 0.6) is 0 Å². The van der Waals surface area contributed by atoms with Crippen molar-refractivity contribution in [3.8, 4) is 0 Å². The third-order valence-corrected chi connectivity index (χ3v) is 3.01. The Hall–Kier alpha value is -0.380. The molecule has 5 heteroatoms. The van der Waals surface area contributed by atoms with E-state index in [9.17, 15) is 13.6 Å². The predicted octanol–water partition coefficient (Wildman–Crippen LogP) is 2.12. The molecule has 1 fully saturated rings. The van der Waals surface area contributed by atoms with Crippen LogP contribution in [0.15, 0.2) is 0 Å². The van der Waals surface area contributed by atoms with Gasteiger partial charge in [0.25, 0.3) is 0 Å². The zero-order chi connectivity index (χ0) is 10.7. The van der Waals surface area contributed by atoms with E-state index in [1.807, 2.05) is 0 Å². The van der Waals surface area contributed by atoms with E-state index in [0.29, 0.717) is 19.4 Å². The molecule has 82 valence electrons. The zero-order valence-electron chi connectivity index (χ0n) is 8.05. The van der Waals surface area contributed by atoms with Crippen molar-refractivity contribution in [1.29, 1.82) is 0 Å². The first-order chi connectivity index (χ1) is 6.56. The lowest BCUT2D eigenvalue weighted by Crippen LogP contribution is -2.35. The summed E-state index contributed by atoms with van der Waals surface area (Å²) >= 11 is 5.74. The molecule has 0 aromatic heterocycles. The van der Waals surface area contributed by atoms with Crippen molar-refractivity contribution in [2.45, 2.75) is 31.6 Å². The number of amides is 1. The molecule has 1 heterocycles. The van der Waals surface area contributed by atoms with Crippen molar-refractivity contribution in [3.63, 3.8) is 0 Å². The molecule has 1 amide bonds. The lowest BCUT2D eigenvalue weighted by molar-refractivity contribution is -0.130. The fourth-order valence-corrected chi connectivity index (χ4v) is 1.70. The van der Waals surface area contributed by atoms with Crippen LogP contribution in [-0.4, -0.2) is 35.7 Å². The maximum absolute atomic E-state index is 12.3. The van der Waals surface area contributed by atoms with Crippen LogP contribution in [-0.2, 0) is 4.79 Å². The topological polar surface area (TPSA) is 20.3 Å². The highest BCUT2D eigenvalue weighted by Gasteiger charge is 2.33. The van der Waals surface area contributed by atoms with E-state index in [1.165, 1.54) is 4.90 Å². The average Bonchev–Trinajstić information content (AvgIpc) is 2.64. The van der Waals surface area contributed by atoms with Gasteiger partial charge in [0.2, 0.25) is 12.3 Å². The summed E-state index contributed by atoms with van der Waals surface area (Å²) in [7, 11) is 0. The van der Waals surface area contributed by atoms with Gasteiger partial charge in [-0.1, -0.05) is 6.92 Å². The Morgan fingerprint density at radius 3 is 2.71 bits per heavy atom. The van der Waals surface area contributed by atoms with Gasteiger partial charge >= 0.3 is 0 Å². The van der Waals surface area contributed by atoms with Gasteiger partial charge in [-0.2, -0.15) is 0 Å². The summed E-state index contributed by atoms with van der Waals surface area (Å²) in [5.74, 6) is -0.878. The Bertz CT molecular complexity index is 213. The van der Waals surface area contributed by atoms with E-state index in [2.05, 4.69) is 0 Å². The second-order valence-electron chi connectivity index (χ2n) is 3.54. The number of alkyl halides is 3. The summed E-state index contributed by atoms with van der Waals surface area (Å²) in [6.07, 6.45) is -1.41. The van der Waals surface area contributed by atoms with E-state index in [-0.39, 0.29) is 12.5 Å². The SMILES string of the molecule is CC[C@H](Cl)C(=O)N1CC[C@H](C(F)F)C1. The van der Waals surface area contributed by atoms with E-state index < -0.39 is 17.7 Å². The molecule has 0 N–H and O–H groups in total. The molecule has 0 aromatic carbocycles. The van der Waals surface area contributed by atoms with Gasteiger partial charge in [-0.15, -0.1) is 11.6 Å². The van der Waals surface area contributed by atoms with Gasteiger partial charge in [-0.25, -0.2) is 8.78 Å². The maximum Gasteiger partial charge on any atom is 0.243 e. The molecular formula is C9H14ClF2NO. The molecule has 1 aliphatic heterocycles. The minimum atomic E-state index is -2.33. The van der Waals surface area contributed by atoms with Crippen LogP contribution >= 0.6 is 11.6 Å². The van der Waals surface area contributed by atoms with Crippen LogP contribution < -0.4 is 0 Å². The Morgan fingerprint density at radius 1 is 1.64 bits per heavy atom. The number of rotatable bonds is 3. The Labute approximate surface area is 87.2 Å². The fourth-order valence-electron chi connectivity index (χ4n) is 1.57. The first-order valence-electron chi connectivity index (χ1n) is 4.77. The number of carbonyl (C=O) groups is 1. The van der Waals surface area contributed by atoms with Gasteiger partial charge in [-0.05, 0) is 12.8 Å². The van der Waals surface area contributed by atoms with Crippen LogP contribution in [0, 0.1) is 5.92 Å². The van der Waals surface area contributed by atoms with Crippen LogP contribution in [0.4, 0.5) is 8.78 Å². The number of nitrogens with zero attached hydrogens (tertiary/aromatic N) is 1. The molecule has 1 rings (SSSR count). The van der Waals surface area contributed by atoms with Gasteiger partial charge in [0, 0.05) is 19.0 Å². The van der Waals surface area contributed by atoms with Gasteiger partial charge in [-0.3, -0.25) is 4.79 Å². The van der Waals surface area contributed by atoms with E-state index in [0.717, 1.165) is 0 Å². The summed E-state index contributed by atoms with van der Waals surface area (Å²) < 4.78 is 24.6. The van der Waals surface area contributed by atoms with Crippen LogP contribution in [0.3, 0.4) is 0 Å². The predicted molar refractivity (Wildman–Crippen MR) is 50.6 cm³/mol. The Kier molecular flexibility index (Phi) is 4.11. The number of halogens is 3. The fraction of sp³-hybridized carbons (Fsp3) is 0.889. The molecule has 0 unspecified atom stereocenters. The largest absolute Gasteiger partial charge is 0.341 e. The highest BCUT2D eigenvalue weighted by atomic mass is 35.5. The average molecular weight is 226 g/mol. The normalized spacial score (nSPS) is 24.4. The molecule has 14 heavy (non-hydrogen) atoms. The third kappa shape index (κ3) is 2.56. The first-order valence-corrected chi connectivity index (χ1v) is 5.21. The van der Waals surface area contributed by atoms with E-state index in [1.54, 1.807) is 6.92 Å². The molecule has 0 spiro atoms. The number of hydrogen-bond acceptors (Lipinski definition) is 1. The molecule has 1 saturated heterocycles. The van der Waals surface area contributed by atoms with Gasteiger partial charge < -0.3 is 4.90 Å². The third-order valence-electron chi connectivity index (χ3n) is 2.52. The standard InChI is InChI=1S/C9H14ClF2NO/c1-2-7(10)9(14)13-4-3-6(5-13)8(11)12/h6-8H,2-5H2,1H3/t6-,7-/m0/s1. The zero-order valence-corrected chi connectivity index (χ0v) is 8.81. The van der Waals surface area contributed by atoms with Crippen molar-refractivity contribution in [1.82, 2.24) is 4.90 Å². The molecule has 1 aliphatic rings. The number of hydrogen-bond donors (Lipinski definition) is 0. The molecule has 2 nitrogen and oxygen atoms in total. The van der Waals surface area contributed by atoms with Crippen molar-refractivity contribution >= 4 is 17.5 Å². The second kappa shape index (κ2) is 4.91. The van der Waals surface area contributed by atoms with Crippen molar-refractivity contribution < 1.29 is 13.6 Å². The van der Waals surface area contributed by atoms with E-state index in [4.69, 9.17) is 11.6 Å². The second-order valence-corrected chi connectivity index (χ2v) is 4.07. The summed E-state index contributed by atoms with van der Waals surface area (Å²) in [6, 6.07) is 0. The molecule has 0 aliphatic carbocycles. The Balaban J connectivity index is 2.45. The van der Waals surface area contributed by atoms with Crippen LogP contribution in [0.25, 0.3) is 0 Å². The van der Waals surface area contributed by atoms with Crippen molar-refractivity contribution in [2.24, 2.45) is 5.92 Å². The molecule has 0 radical (unpaired) electrons. The highest BCUT2D eigenvalue weighted by molar-refractivity contribution is 6.30. The lowest BCUT2D eigenvalue weighted by atomic mass is 10.1. The molecule has 0 saturated carbocycles. The molecular weight excluding hydrogens is 212 g/mol. The monoisotopic (exact) mass is 225 g/mol. The highest BCUT2D eigenvalue weighted by Crippen LogP contribution is 2.24. The first kappa shape index (κ1) is 11.7. The summed E-state index contributed by atoms with van der Waals surface area (Å²) in [5, 5.41) is -0.563. The molecule has 0 aromatic rings. The van der Waals surface area contributed by atoms with Gasteiger partial charge in [0.1, 0.15) is 5.38 Å². The molecule has 0 bridgehead atoms. The quantitative estimate of drug-likeness (QED) is 0.674. The number of likely N-dealkylation sites (tertiary alicyclic amines) is 1.